The van der Waals surface area contributed by atoms with Gasteiger partial charge in [0.15, 0.2) is 0 Å². The quantitative estimate of drug-likeness (QED) is 0.745. The van der Waals surface area contributed by atoms with Crippen LogP contribution in [0, 0.1) is 23.8 Å². The number of hydrogen-bond donors (Lipinski definition) is 0. The van der Waals surface area contributed by atoms with Crippen LogP contribution in [0.1, 0.15) is 47.0 Å². The van der Waals surface area contributed by atoms with Gasteiger partial charge in [-0.3, -0.25) is 4.79 Å². The number of rotatable bonds is 1. The van der Waals surface area contributed by atoms with Crippen molar-refractivity contribution in [1.82, 2.24) is 4.90 Å². The second-order valence-electron chi connectivity index (χ2n) is 7.05. The Balaban J connectivity index is 2.69. The number of carbonyl (C=O) groups excluding carboxylic acids is 2. The SMILES string of the molecule is C[C@@H]1CC[C@H](C(=O)N(C)C)CC1C#[N+]C(=O)OC(C)(C)C. The van der Waals surface area contributed by atoms with E-state index in [0.29, 0.717) is 12.3 Å². The summed E-state index contributed by atoms with van der Waals surface area (Å²) in [6.07, 6.45) is 1.93. The number of amides is 2. The van der Waals surface area contributed by atoms with Gasteiger partial charge in [-0.25, -0.2) is 0 Å². The highest BCUT2D eigenvalue weighted by molar-refractivity contribution is 5.80. The van der Waals surface area contributed by atoms with Crippen molar-refractivity contribution < 1.29 is 14.3 Å². The number of hydrogen-bond acceptors (Lipinski definition) is 3. The molecule has 1 unspecified atom stereocenters. The lowest BCUT2D eigenvalue weighted by Gasteiger charge is -2.29. The highest BCUT2D eigenvalue weighted by Crippen LogP contribution is 2.34. The van der Waals surface area contributed by atoms with Crippen LogP contribution in [-0.2, 0) is 9.53 Å². The predicted octanol–water partition coefficient (Wildman–Crippen LogP) is 3.40. The van der Waals surface area contributed by atoms with Crippen LogP contribution >= 0.6 is 0 Å². The number of ether oxygens (including phenoxy) is 1. The number of nitrogens with zero attached hydrogens (tertiary/aromatic N) is 2. The summed E-state index contributed by atoms with van der Waals surface area (Å²) in [6, 6.07) is 2.90. The van der Waals surface area contributed by atoms with Crippen LogP contribution in [0.4, 0.5) is 4.79 Å². The third kappa shape index (κ3) is 5.74. The summed E-state index contributed by atoms with van der Waals surface area (Å²) >= 11 is 0. The van der Waals surface area contributed by atoms with Gasteiger partial charge in [0.05, 0.1) is 10.8 Å². The van der Waals surface area contributed by atoms with Gasteiger partial charge in [0.1, 0.15) is 5.60 Å². The molecule has 1 saturated carbocycles. The third-order valence-corrected chi connectivity index (χ3v) is 3.70. The maximum atomic E-state index is 12.1. The zero-order chi connectivity index (χ0) is 16.2. The third-order valence-electron chi connectivity index (χ3n) is 3.70. The Morgan fingerprint density at radius 2 is 1.86 bits per heavy atom. The van der Waals surface area contributed by atoms with E-state index in [4.69, 9.17) is 4.74 Å². The largest absolute Gasteiger partial charge is 0.728 e. The minimum Gasteiger partial charge on any atom is -0.392 e. The molecule has 0 aromatic rings. The molecule has 0 aromatic carbocycles. The second kappa shape index (κ2) is 6.93. The fraction of sp³-hybridized carbons (Fsp3) is 0.812. The lowest BCUT2D eigenvalue weighted by atomic mass is 9.75. The number of carbonyl (C=O) groups is 2. The Bertz CT molecular complexity index is 454. The van der Waals surface area contributed by atoms with E-state index in [-0.39, 0.29) is 17.7 Å². The summed E-state index contributed by atoms with van der Waals surface area (Å²) in [4.78, 5) is 29.1. The Labute approximate surface area is 127 Å². The van der Waals surface area contributed by atoms with Crippen molar-refractivity contribution in [2.75, 3.05) is 14.1 Å². The Hall–Kier alpha value is -1.57. The van der Waals surface area contributed by atoms with Gasteiger partial charge in [-0.05, 0) is 46.0 Å². The van der Waals surface area contributed by atoms with Gasteiger partial charge in [-0.15, -0.1) is 0 Å². The molecule has 1 aliphatic rings. The van der Waals surface area contributed by atoms with Gasteiger partial charge in [-0.1, -0.05) is 6.92 Å². The van der Waals surface area contributed by atoms with Crippen LogP contribution in [0.15, 0.2) is 0 Å². The average Bonchev–Trinajstić information content (AvgIpc) is 2.34. The first-order valence-electron chi connectivity index (χ1n) is 7.50. The van der Waals surface area contributed by atoms with E-state index < -0.39 is 11.7 Å². The van der Waals surface area contributed by atoms with E-state index in [2.05, 4.69) is 17.8 Å². The van der Waals surface area contributed by atoms with E-state index in [1.807, 2.05) is 0 Å². The van der Waals surface area contributed by atoms with E-state index in [9.17, 15) is 9.59 Å². The molecule has 2 amide bonds. The van der Waals surface area contributed by atoms with Crippen molar-refractivity contribution in [3.8, 4) is 6.07 Å². The van der Waals surface area contributed by atoms with E-state index >= 15 is 0 Å². The predicted molar refractivity (Wildman–Crippen MR) is 82.2 cm³/mol. The molecule has 118 valence electrons. The molecule has 0 aliphatic heterocycles. The molecule has 5 nitrogen and oxygen atoms in total. The fourth-order valence-electron chi connectivity index (χ4n) is 2.51. The summed E-state index contributed by atoms with van der Waals surface area (Å²) in [5.41, 5.74) is -0.552. The van der Waals surface area contributed by atoms with Crippen molar-refractivity contribution in [3.05, 3.63) is 4.85 Å². The van der Waals surface area contributed by atoms with Crippen molar-refractivity contribution in [1.29, 1.82) is 0 Å². The first-order chi connectivity index (χ1) is 9.60. The molecule has 1 rings (SSSR count). The summed E-state index contributed by atoms with van der Waals surface area (Å²) in [7, 11) is 3.54. The highest BCUT2D eigenvalue weighted by atomic mass is 16.6. The van der Waals surface area contributed by atoms with E-state index in [0.717, 1.165) is 12.8 Å². The average molecular weight is 295 g/mol. The summed E-state index contributed by atoms with van der Waals surface area (Å²) in [6.45, 7) is 7.51. The van der Waals surface area contributed by atoms with Crippen molar-refractivity contribution >= 4 is 12.0 Å². The van der Waals surface area contributed by atoms with Crippen LogP contribution in [0.5, 0.6) is 0 Å². The van der Waals surface area contributed by atoms with Gasteiger partial charge in [0.2, 0.25) is 5.91 Å². The maximum Gasteiger partial charge on any atom is 0.728 e. The van der Waals surface area contributed by atoms with Gasteiger partial charge in [0.25, 0.3) is 6.07 Å². The van der Waals surface area contributed by atoms with Gasteiger partial charge < -0.3 is 9.64 Å². The minimum atomic E-state index is -0.615. The minimum absolute atomic E-state index is 0.00235. The molecule has 0 heterocycles. The van der Waals surface area contributed by atoms with Crippen LogP contribution < -0.4 is 0 Å². The van der Waals surface area contributed by atoms with Crippen LogP contribution in [0.3, 0.4) is 0 Å². The highest BCUT2D eigenvalue weighted by Gasteiger charge is 2.35. The topological polar surface area (TPSA) is 51.0 Å². The van der Waals surface area contributed by atoms with Crippen molar-refractivity contribution in [2.45, 2.75) is 52.6 Å². The molecule has 0 bridgehead atoms. The molecule has 5 heteroatoms. The molecular formula is C16H27N2O3+. The van der Waals surface area contributed by atoms with E-state index in [1.54, 1.807) is 39.8 Å². The molecule has 21 heavy (non-hydrogen) atoms. The molecular weight excluding hydrogens is 268 g/mol. The lowest BCUT2D eigenvalue weighted by molar-refractivity contribution is -0.134. The first kappa shape index (κ1) is 17.5. The molecule has 0 N–H and O–H groups in total. The van der Waals surface area contributed by atoms with Gasteiger partial charge in [0, 0.05) is 20.0 Å². The molecule has 0 aromatic heterocycles. The van der Waals surface area contributed by atoms with E-state index in [1.165, 1.54) is 0 Å². The molecule has 0 saturated heterocycles. The van der Waals surface area contributed by atoms with Gasteiger partial charge in [-0.2, -0.15) is 4.79 Å². The standard InChI is InChI=1S/C16H27N2O3/c1-11-7-8-12(14(19)18(5)6)9-13(11)10-17-15(20)21-16(2,3)4/h11-13H,7-9H2,1-6H3/q+1/t11-,12+,13?/m1/s1. The van der Waals surface area contributed by atoms with Gasteiger partial charge >= 0.3 is 6.09 Å². The van der Waals surface area contributed by atoms with Crippen LogP contribution in [0.25, 0.3) is 4.85 Å². The molecule has 1 aliphatic carbocycles. The maximum absolute atomic E-state index is 12.1. The Morgan fingerprint density at radius 3 is 2.38 bits per heavy atom. The van der Waals surface area contributed by atoms with Crippen LogP contribution in [-0.4, -0.2) is 36.6 Å². The Morgan fingerprint density at radius 1 is 1.24 bits per heavy atom. The summed E-state index contributed by atoms with van der Waals surface area (Å²) in [5.74, 6) is 0.552. The zero-order valence-electron chi connectivity index (χ0n) is 14.0. The summed E-state index contributed by atoms with van der Waals surface area (Å²) < 4.78 is 5.13. The van der Waals surface area contributed by atoms with Crippen LogP contribution in [0.2, 0.25) is 0 Å². The second-order valence-corrected chi connectivity index (χ2v) is 7.05. The zero-order valence-corrected chi connectivity index (χ0v) is 14.0. The first-order valence-corrected chi connectivity index (χ1v) is 7.50. The monoisotopic (exact) mass is 295 g/mol. The van der Waals surface area contributed by atoms with Crippen molar-refractivity contribution in [3.63, 3.8) is 0 Å². The van der Waals surface area contributed by atoms with Crippen molar-refractivity contribution in [2.24, 2.45) is 17.8 Å². The fourth-order valence-corrected chi connectivity index (χ4v) is 2.51. The normalized spacial score (nSPS) is 25.5. The molecule has 1 fully saturated rings. The smallest absolute Gasteiger partial charge is 0.392 e. The lowest BCUT2D eigenvalue weighted by Crippen LogP contribution is -2.34. The summed E-state index contributed by atoms with van der Waals surface area (Å²) in [5, 5.41) is 0. The molecule has 0 spiro atoms. The molecule has 3 atom stereocenters. The molecule has 0 radical (unpaired) electrons. The Kier molecular flexibility index (Phi) is 5.77.